The molecule has 2 aromatic carbocycles. The van der Waals surface area contributed by atoms with Gasteiger partial charge in [0.2, 0.25) is 10.0 Å². The number of hydrogen-bond donors (Lipinski definition) is 2. The Morgan fingerprint density at radius 2 is 1.81 bits per heavy atom. The maximum Gasteiger partial charge on any atom is 0.240 e. The van der Waals surface area contributed by atoms with E-state index in [1.54, 1.807) is 36.4 Å². The van der Waals surface area contributed by atoms with Crippen molar-refractivity contribution in [2.75, 3.05) is 7.11 Å². The first-order valence-electron chi connectivity index (χ1n) is 7.61. The van der Waals surface area contributed by atoms with Crippen LogP contribution in [0.2, 0.25) is 10.0 Å². The molecule has 142 valence electrons. The molecule has 0 atom stereocenters. The number of para-hydroxylation sites is 1. The maximum absolute atomic E-state index is 12.0. The van der Waals surface area contributed by atoms with Crippen LogP contribution in [0.4, 0.5) is 0 Å². The molecule has 27 heavy (non-hydrogen) atoms. The zero-order valence-electron chi connectivity index (χ0n) is 14.1. The molecule has 0 unspecified atom stereocenters. The van der Waals surface area contributed by atoms with Gasteiger partial charge in [-0.15, -0.1) is 0 Å². The lowest BCUT2D eigenvalue weighted by molar-refractivity contribution is 0.276. The van der Waals surface area contributed by atoms with Gasteiger partial charge in [-0.2, -0.15) is 5.10 Å². The fraction of sp³-hybridized carbons (Fsp3) is 0.118. The second kappa shape index (κ2) is 7.49. The summed E-state index contributed by atoms with van der Waals surface area (Å²) in [6.45, 7) is -0.338. The number of benzene rings is 2. The molecule has 3 N–H and O–H groups in total. The number of ether oxygens (including phenoxy) is 1. The molecular formula is C17H15Cl2N3O4S. The van der Waals surface area contributed by atoms with Gasteiger partial charge in [0.05, 0.1) is 40.8 Å². The first kappa shape index (κ1) is 19.7. The largest absolute Gasteiger partial charge is 0.494 e. The number of halogens is 2. The normalized spacial score (nSPS) is 11.6. The average molecular weight is 428 g/mol. The van der Waals surface area contributed by atoms with Gasteiger partial charge in [0, 0.05) is 5.56 Å². The number of sulfonamides is 1. The molecule has 3 aromatic rings. The number of hydrogen-bond acceptors (Lipinski definition) is 5. The second-order valence-corrected chi connectivity index (χ2v) is 7.92. The van der Waals surface area contributed by atoms with Crippen LogP contribution in [0.3, 0.4) is 0 Å². The van der Waals surface area contributed by atoms with E-state index >= 15 is 0 Å². The van der Waals surface area contributed by atoms with Crippen molar-refractivity contribution in [3.8, 4) is 22.7 Å². The summed E-state index contributed by atoms with van der Waals surface area (Å²) >= 11 is 12.4. The Kier molecular flexibility index (Phi) is 5.45. The number of nitrogens with zero attached hydrogens (tertiary/aromatic N) is 2. The predicted octanol–water partition coefficient (Wildman–Crippen LogP) is 2.99. The summed E-state index contributed by atoms with van der Waals surface area (Å²) in [4.78, 5) is -0.107. The quantitative estimate of drug-likeness (QED) is 0.650. The highest BCUT2D eigenvalue weighted by atomic mass is 35.5. The Bertz CT molecular complexity index is 1090. The number of aliphatic hydroxyl groups is 1. The van der Waals surface area contributed by atoms with Crippen LogP contribution in [-0.2, 0) is 16.6 Å². The topological polar surface area (TPSA) is 107 Å². The van der Waals surface area contributed by atoms with Crippen molar-refractivity contribution in [2.45, 2.75) is 11.5 Å². The first-order valence-corrected chi connectivity index (χ1v) is 9.92. The maximum atomic E-state index is 12.0. The van der Waals surface area contributed by atoms with E-state index in [1.165, 1.54) is 17.9 Å². The molecule has 0 aliphatic carbocycles. The fourth-order valence-corrected chi connectivity index (χ4v) is 4.03. The first-order chi connectivity index (χ1) is 12.8. The molecule has 10 heteroatoms. The van der Waals surface area contributed by atoms with E-state index in [0.717, 1.165) is 0 Å². The third kappa shape index (κ3) is 3.80. The van der Waals surface area contributed by atoms with Crippen molar-refractivity contribution in [2.24, 2.45) is 5.14 Å². The Morgan fingerprint density at radius 1 is 1.19 bits per heavy atom. The number of rotatable bonds is 5. The van der Waals surface area contributed by atoms with E-state index in [0.29, 0.717) is 22.7 Å². The van der Waals surface area contributed by atoms with Crippen LogP contribution in [0.5, 0.6) is 5.75 Å². The van der Waals surface area contributed by atoms with Crippen molar-refractivity contribution in [3.63, 3.8) is 0 Å². The van der Waals surface area contributed by atoms with Crippen LogP contribution in [0.25, 0.3) is 16.9 Å². The molecule has 1 heterocycles. The van der Waals surface area contributed by atoms with E-state index in [9.17, 15) is 13.5 Å². The molecule has 0 spiro atoms. The third-order valence-electron chi connectivity index (χ3n) is 3.82. The molecule has 0 aliphatic heterocycles. The smallest absolute Gasteiger partial charge is 0.240 e. The summed E-state index contributed by atoms with van der Waals surface area (Å²) in [6, 6.07) is 11.0. The van der Waals surface area contributed by atoms with Gasteiger partial charge in [0.25, 0.3) is 0 Å². The molecular weight excluding hydrogens is 413 g/mol. The summed E-state index contributed by atoms with van der Waals surface area (Å²) in [7, 11) is -2.55. The second-order valence-electron chi connectivity index (χ2n) is 5.58. The Balaban J connectivity index is 2.29. The molecule has 0 saturated heterocycles. The fourth-order valence-electron chi connectivity index (χ4n) is 2.67. The van der Waals surface area contributed by atoms with Gasteiger partial charge >= 0.3 is 0 Å². The minimum Gasteiger partial charge on any atom is -0.494 e. The van der Waals surface area contributed by atoms with Crippen molar-refractivity contribution < 1.29 is 18.3 Å². The van der Waals surface area contributed by atoms with Crippen molar-refractivity contribution in [1.29, 1.82) is 0 Å². The number of primary sulfonamides is 1. The summed E-state index contributed by atoms with van der Waals surface area (Å²) < 4.78 is 30.5. The van der Waals surface area contributed by atoms with Gasteiger partial charge in [-0.25, -0.2) is 18.2 Å². The van der Waals surface area contributed by atoms with Crippen molar-refractivity contribution in [3.05, 3.63) is 58.2 Å². The molecule has 3 rings (SSSR count). The van der Waals surface area contributed by atoms with Gasteiger partial charge in [0.1, 0.15) is 4.90 Å². The predicted molar refractivity (Wildman–Crippen MR) is 103 cm³/mol. The summed E-state index contributed by atoms with van der Waals surface area (Å²) in [6.07, 6.45) is 0. The Hall–Kier alpha value is -2.10. The lowest BCUT2D eigenvalue weighted by Gasteiger charge is -2.13. The molecule has 0 radical (unpaired) electrons. The summed E-state index contributed by atoms with van der Waals surface area (Å²) in [5, 5.41) is 19.7. The molecule has 0 amide bonds. The van der Waals surface area contributed by atoms with Crippen LogP contribution in [0.15, 0.2) is 47.4 Å². The van der Waals surface area contributed by atoms with E-state index in [4.69, 9.17) is 33.1 Å². The van der Waals surface area contributed by atoms with Crippen molar-refractivity contribution in [1.82, 2.24) is 9.78 Å². The van der Waals surface area contributed by atoms with Crippen LogP contribution >= 0.6 is 23.2 Å². The van der Waals surface area contributed by atoms with Crippen LogP contribution in [-0.4, -0.2) is 30.4 Å². The van der Waals surface area contributed by atoms with Gasteiger partial charge < -0.3 is 9.84 Å². The SMILES string of the molecule is COc1c(Cl)cc(-c2cc(CO)nn2-c2ccccc2S(N)(=O)=O)cc1Cl. The lowest BCUT2D eigenvalue weighted by atomic mass is 10.1. The molecule has 0 bridgehead atoms. The van der Waals surface area contributed by atoms with Crippen molar-refractivity contribution >= 4 is 33.2 Å². The standard InChI is InChI=1S/C17H15Cl2N3O4S/c1-26-17-12(18)6-10(7-13(17)19)15-8-11(9-23)21-22(15)14-4-2-3-5-16(14)27(20,24)25/h2-8,23H,9H2,1H3,(H2,20,24,25). The molecule has 0 aliphatic rings. The molecule has 7 nitrogen and oxygen atoms in total. The molecule has 0 fully saturated rings. The van der Waals surface area contributed by atoms with Gasteiger partial charge in [-0.3, -0.25) is 0 Å². The average Bonchev–Trinajstić information content (AvgIpc) is 3.05. The highest BCUT2D eigenvalue weighted by Gasteiger charge is 2.20. The zero-order valence-corrected chi connectivity index (χ0v) is 16.4. The monoisotopic (exact) mass is 427 g/mol. The van der Waals surface area contributed by atoms with Gasteiger partial charge in [-0.05, 0) is 30.3 Å². The van der Waals surface area contributed by atoms with Crippen LogP contribution < -0.4 is 9.88 Å². The number of aliphatic hydroxyl groups excluding tert-OH is 1. The van der Waals surface area contributed by atoms with Gasteiger partial charge in [0.15, 0.2) is 5.75 Å². The van der Waals surface area contributed by atoms with E-state index in [-0.39, 0.29) is 27.2 Å². The highest BCUT2D eigenvalue weighted by Crippen LogP contribution is 2.38. The van der Waals surface area contributed by atoms with E-state index in [2.05, 4.69) is 5.10 Å². The van der Waals surface area contributed by atoms with E-state index < -0.39 is 10.0 Å². The van der Waals surface area contributed by atoms with Gasteiger partial charge in [-0.1, -0.05) is 35.3 Å². The minimum atomic E-state index is -4.00. The third-order valence-corrected chi connectivity index (χ3v) is 5.34. The van der Waals surface area contributed by atoms with Crippen LogP contribution in [0.1, 0.15) is 5.69 Å². The number of aromatic nitrogens is 2. The molecule has 1 aromatic heterocycles. The zero-order chi connectivity index (χ0) is 19.8. The van der Waals surface area contributed by atoms with E-state index in [1.807, 2.05) is 0 Å². The number of nitrogens with two attached hydrogens (primary N) is 1. The number of methoxy groups -OCH3 is 1. The minimum absolute atomic E-state index is 0.107. The Morgan fingerprint density at radius 3 is 2.37 bits per heavy atom. The highest BCUT2D eigenvalue weighted by molar-refractivity contribution is 7.89. The summed E-state index contributed by atoms with van der Waals surface area (Å²) in [5.74, 6) is 0.320. The summed E-state index contributed by atoms with van der Waals surface area (Å²) in [5.41, 5.74) is 1.60. The Labute approximate surface area is 165 Å². The lowest BCUT2D eigenvalue weighted by Crippen LogP contribution is -2.16. The molecule has 0 saturated carbocycles. The van der Waals surface area contributed by atoms with Crippen LogP contribution in [0, 0.1) is 0 Å².